The molecule has 1 aromatic rings. The Morgan fingerprint density at radius 2 is 1.88 bits per heavy atom. The fourth-order valence-corrected chi connectivity index (χ4v) is 2.35. The average molecular weight is 371 g/mol. The highest BCUT2D eigenvalue weighted by atomic mass is 16.7. The van der Waals surface area contributed by atoms with Crippen LogP contribution in [0, 0.1) is 10.1 Å². The summed E-state index contributed by atoms with van der Waals surface area (Å²) in [5, 5.41) is 58.7. The largest absolute Gasteiger partial charge is 0.475 e. The Balaban J connectivity index is 2.31. The van der Waals surface area contributed by atoms with Crippen LogP contribution in [-0.4, -0.2) is 73.7 Å². The van der Waals surface area contributed by atoms with Crippen LogP contribution in [0.2, 0.25) is 0 Å². The van der Waals surface area contributed by atoms with Gasteiger partial charge < -0.3 is 35.0 Å². The molecule has 0 unspecified atom stereocenters. The molecule has 0 aliphatic carbocycles. The maximum atomic E-state index is 11.4. The fraction of sp³-hybridized carbons (Fsp3) is 0.400. The van der Waals surface area contributed by atoms with Gasteiger partial charge in [-0.15, -0.1) is 0 Å². The molecular formula is C15H17NO10. The third kappa shape index (κ3) is 4.15. The highest BCUT2D eigenvalue weighted by Gasteiger charge is 2.45. The summed E-state index contributed by atoms with van der Waals surface area (Å²) in [4.78, 5) is 21.7. The molecule has 11 nitrogen and oxygen atoms in total. The van der Waals surface area contributed by atoms with E-state index >= 15 is 0 Å². The van der Waals surface area contributed by atoms with Gasteiger partial charge in [-0.25, -0.2) is 4.79 Å². The number of carboxylic acids is 1. The molecule has 0 bridgehead atoms. The zero-order chi connectivity index (χ0) is 19.4. The summed E-state index contributed by atoms with van der Waals surface area (Å²) >= 11 is 0. The second-order valence-corrected chi connectivity index (χ2v) is 5.44. The van der Waals surface area contributed by atoms with E-state index in [-0.39, 0.29) is 11.3 Å². The fourth-order valence-electron chi connectivity index (χ4n) is 2.35. The molecule has 1 fully saturated rings. The van der Waals surface area contributed by atoms with Gasteiger partial charge in [-0.2, -0.15) is 0 Å². The summed E-state index contributed by atoms with van der Waals surface area (Å²) in [6, 6.07) is 5.30. The van der Waals surface area contributed by atoms with Crippen LogP contribution in [0.3, 0.4) is 0 Å². The number of aliphatic hydroxyl groups is 4. The molecule has 5 N–H and O–H groups in total. The van der Waals surface area contributed by atoms with Crippen molar-refractivity contribution < 1.29 is 44.7 Å². The first kappa shape index (κ1) is 19.8. The van der Waals surface area contributed by atoms with Gasteiger partial charge in [0.2, 0.25) is 12.0 Å². The first-order valence-electron chi connectivity index (χ1n) is 7.41. The Morgan fingerprint density at radius 3 is 2.46 bits per heavy atom. The lowest BCUT2D eigenvalue weighted by molar-refractivity contribution is -0.385. The van der Waals surface area contributed by atoms with E-state index in [0.29, 0.717) is 0 Å². The summed E-state index contributed by atoms with van der Waals surface area (Å²) in [7, 11) is 0. The molecular weight excluding hydrogens is 354 g/mol. The van der Waals surface area contributed by atoms with E-state index in [4.69, 9.17) is 14.6 Å². The number of carbonyl (C=O) groups is 1. The maximum Gasteiger partial charge on any atom is 0.371 e. The number of ether oxygens (including phenoxy) is 2. The number of para-hydroxylation sites is 1. The first-order valence-corrected chi connectivity index (χ1v) is 7.41. The highest BCUT2D eigenvalue weighted by molar-refractivity contribution is 5.90. The molecule has 5 atom stereocenters. The predicted octanol–water partition coefficient (Wildman–Crippen LogP) is -1.16. The van der Waals surface area contributed by atoms with Crippen molar-refractivity contribution >= 4 is 17.7 Å². The van der Waals surface area contributed by atoms with Crippen molar-refractivity contribution in [3.63, 3.8) is 0 Å². The van der Waals surface area contributed by atoms with Crippen LogP contribution in [-0.2, 0) is 14.3 Å². The highest BCUT2D eigenvalue weighted by Crippen LogP contribution is 2.26. The molecule has 0 aromatic heterocycles. The molecule has 0 spiro atoms. The van der Waals surface area contributed by atoms with Crippen LogP contribution < -0.4 is 0 Å². The van der Waals surface area contributed by atoms with Gasteiger partial charge in [-0.3, -0.25) is 10.1 Å². The Labute approximate surface area is 146 Å². The number of nitro benzene ring substituents is 1. The molecule has 0 radical (unpaired) electrons. The van der Waals surface area contributed by atoms with Crippen molar-refractivity contribution in [2.24, 2.45) is 0 Å². The van der Waals surface area contributed by atoms with Gasteiger partial charge in [0, 0.05) is 12.1 Å². The number of nitrogens with zero attached hydrogens (tertiary/aromatic N) is 1. The van der Waals surface area contributed by atoms with Crippen molar-refractivity contribution in [3.8, 4) is 0 Å². The Kier molecular flexibility index (Phi) is 6.23. The van der Waals surface area contributed by atoms with Crippen LogP contribution in [0.4, 0.5) is 5.69 Å². The van der Waals surface area contributed by atoms with Crippen LogP contribution in [0.25, 0.3) is 6.08 Å². The number of carboxylic acid groups (broad SMARTS) is 1. The minimum atomic E-state index is -1.82. The molecule has 1 aromatic carbocycles. The number of nitro groups is 1. The molecule has 1 saturated heterocycles. The van der Waals surface area contributed by atoms with E-state index in [1.54, 1.807) is 0 Å². The van der Waals surface area contributed by atoms with Gasteiger partial charge in [-0.1, -0.05) is 12.1 Å². The monoisotopic (exact) mass is 371 g/mol. The van der Waals surface area contributed by atoms with Gasteiger partial charge in [0.05, 0.1) is 17.1 Å². The lowest BCUT2D eigenvalue weighted by Crippen LogP contribution is -2.59. The summed E-state index contributed by atoms with van der Waals surface area (Å²) < 4.78 is 10.1. The Morgan fingerprint density at radius 1 is 1.23 bits per heavy atom. The van der Waals surface area contributed by atoms with Gasteiger partial charge in [0.25, 0.3) is 5.69 Å². The zero-order valence-electron chi connectivity index (χ0n) is 13.2. The zero-order valence-corrected chi connectivity index (χ0v) is 13.2. The van der Waals surface area contributed by atoms with E-state index in [1.165, 1.54) is 24.3 Å². The number of hydrogen-bond donors (Lipinski definition) is 5. The molecule has 1 aliphatic heterocycles. The van der Waals surface area contributed by atoms with Gasteiger partial charge in [0.15, 0.2) is 0 Å². The number of aliphatic carboxylic acids is 1. The summed E-state index contributed by atoms with van der Waals surface area (Å²) in [5.74, 6) is -2.41. The number of rotatable bonds is 6. The van der Waals surface area contributed by atoms with E-state index in [9.17, 15) is 35.3 Å². The van der Waals surface area contributed by atoms with E-state index in [1.807, 2.05) is 0 Å². The van der Waals surface area contributed by atoms with Crippen LogP contribution in [0.1, 0.15) is 5.56 Å². The minimum absolute atomic E-state index is 0.0699. The molecule has 1 heterocycles. The van der Waals surface area contributed by atoms with Crippen LogP contribution >= 0.6 is 0 Å². The van der Waals surface area contributed by atoms with Crippen molar-refractivity contribution in [3.05, 3.63) is 45.7 Å². The van der Waals surface area contributed by atoms with Crippen molar-refractivity contribution in [1.29, 1.82) is 0 Å². The normalized spacial score (nSPS) is 29.2. The molecule has 26 heavy (non-hydrogen) atoms. The van der Waals surface area contributed by atoms with E-state index < -0.39 is 54.0 Å². The van der Waals surface area contributed by atoms with Gasteiger partial charge in [0.1, 0.15) is 24.4 Å². The van der Waals surface area contributed by atoms with E-state index in [0.717, 1.165) is 6.08 Å². The SMILES string of the molecule is O=C(O)C(=Cc1ccccc1[N+](=O)[O-])O[C@H]1O[C@@H](CO)[C@@H](O)[C@@H](O)[C@@H]1O. The van der Waals surface area contributed by atoms with Crippen molar-refractivity contribution in [2.45, 2.75) is 30.7 Å². The smallest absolute Gasteiger partial charge is 0.371 e. The molecule has 11 heteroatoms. The topological polar surface area (TPSA) is 180 Å². The van der Waals surface area contributed by atoms with E-state index in [2.05, 4.69) is 0 Å². The number of hydrogen-bond acceptors (Lipinski definition) is 9. The number of benzene rings is 1. The quantitative estimate of drug-likeness (QED) is 0.177. The van der Waals surface area contributed by atoms with Gasteiger partial charge >= 0.3 is 5.97 Å². The molecule has 142 valence electrons. The first-order chi connectivity index (χ1) is 12.3. The van der Waals surface area contributed by atoms with Crippen molar-refractivity contribution in [1.82, 2.24) is 0 Å². The standard InChI is InChI=1S/C15H17NO10/c17-6-10-11(18)12(19)13(20)15(26-10)25-9(14(21)22)5-7-3-1-2-4-8(7)16(23)24/h1-5,10-13,15,17-20H,6H2,(H,21,22)/t10-,11+,12+,13-,15-/m0/s1. The minimum Gasteiger partial charge on any atom is -0.475 e. The summed E-state index contributed by atoms with van der Waals surface area (Å²) in [6.07, 6.45) is -7.37. The van der Waals surface area contributed by atoms with Crippen LogP contribution in [0.5, 0.6) is 0 Å². The Hall–Kier alpha value is -2.57. The third-order valence-electron chi connectivity index (χ3n) is 3.72. The number of aliphatic hydroxyl groups excluding tert-OH is 4. The molecule has 1 aliphatic rings. The third-order valence-corrected chi connectivity index (χ3v) is 3.72. The molecule has 2 rings (SSSR count). The summed E-state index contributed by atoms with van der Waals surface area (Å²) in [5.41, 5.74) is -0.442. The second kappa shape index (κ2) is 8.21. The van der Waals surface area contributed by atoms with Gasteiger partial charge in [-0.05, 0) is 6.07 Å². The maximum absolute atomic E-state index is 11.4. The second-order valence-electron chi connectivity index (χ2n) is 5.44. The molecule has 0 saturated carbocycles. The van der Waals surface area contributed by atoms with Crippen LogP contribution in [0.15, 0.2) is 30.0 Å². The van der Waals surface area contributed by atoms with Crippen molar-refractivity contribution in [2.75, 3.05) is 6.61 Å². The summed E-state index contributed by atoms with van der Waals surface area (Å²) in [6.45, 7) is -0.721. The Bertz CT molecular complexity index is 703. The average Bonchev–Trinajstić information content (AvgIpc) is 2.61. The lowest BCUT2D eigenvalue weighted by Gasteiger charge is -2.39. The predicted molar refractivity (Wildman–Crippen MR) is 83.6 cm³/mol. The molecule has 0 amide bonds. The lowest BCUT2D eigenvalue weighted by atomic mass is 9.99.